The van der Waals surface area contributed by atoms with Gasteiger partial charge in [0.1, 0.15) is 5.58 Å². The highest BCUT2D eigenvalue weighted by Gasteiger charge is 2.20. The van der Waals surface area contributed by atoms with Crippen molar-refractivity contribution in [2.24, 2.45) is 0 Å². The van der Waals surface area contributed by atoms with Gasteiger partial charge in [-0.05, 0) is 56.2 Å². The van der Waals surface area contributed by atoms with Crippen LogP contribution < -0.4 is 19.6 Å². The molecular weight excluding hydrogens is 332 g/mol. The second-order valence-corrected chi connectivity index (χ2v) is 6.05. The lowest BCUT2D eigenvalue weighted by molar-refractivity contribution is 0.330. The molecule has 3 aromatic rings. The van der Waals surface area contributed by atoms with Gasteiger partial charge in [0.25, 0.3) is 0 Å². The van der Waals surface area contributed by atoms with E-state index < -0.39 is 0 Å². The van der Waals surface area contributed by atoms with Crippen molar-refractivity contribution in [1.82, 2.24) is 0 Å². The largest absolute Gasteiger partial charge is 0.493 e. The van der Waals surface area contributed by atoms with Gasteiger partial charge in [0.05, 0.1) is 26.2 Å². The Labute approximate surface area is 152 Å². The summed E-state index contributed by atoms with van der Waals surface area (Å²) in [5.74, 6) is 1.74. The second-order valence-electron chi connectivity index (χ2n) is 6.05. The normalized spacial score (nSPS) is 10.8. The highest BCUT2D eigenvalue weighted by Crippen LogP contribution is 2.37. The van der Waals surface area contributed by atoms with Crippen molar-refractivity contribution in [1.29, 1.82) is 0 Å². The van der Waals surface area contributed by atoms with Crippen molar-refractivity contribution in [2.45, 2.75) is 20.8 Å². The lowest BCUT2D eigenvalue weighted by Crippen LogP contribution is -2.11. The van der Waals surface area contributed by atoms with Crippen LogP contribution in [-0.2, 0) is 0 Å². The molecule has 1 heterocycles. The number of fused-ring (bicyclic) bond motifs is 1. The van der Waals surface area contributed by atoms with Crippen LogP contribution in [0.15, 0.2) is 39.5 Å². The van der Waals surface area contributed by atoms with Gasteiger partial charge in [-0.2, -0.15) is 0 Å². The molecule has 0 fully saturated rings. The van der Waals surface area contributed by atoms with Crippen molar-refractivity contribution in [2.75, 3.05) is 20.8 Å². The minimum absolute atomic E-state index is 0.171. The molecule has 5 nitrogen and oxygen atoms in total. The fourth-order valence-corrected chi connectivity index (χ4v) is 3.12. The maximum Gasteiger partial charge on any atom is 0.235 e. The number of ether oxygens (including phenoxy) is 3. The fourth-order valence-electron chi connectivity index (χ4n) is 3.12. The Morgan fingerprint density at radius 2 is 1.73 bits per heavy atom. The topological polar surface area (TPSA) is 57.9 Å². The van der Waals surface area contributed by atoms with Crippen LogP contribution in [0.1, 0.15) is 18.1 Å². The summed E-state index contributed by atoms with van der Waals surface area (Å²) >= 11 is 0. The summed E-state index contributed by atoms with van der Waals surface area (Å²) in [7, 11) is 3.14. The molecule has 1 aromatic heterocycles. The van der Waals surface area contributed by atoms with E-state index in [2.05, 4.69) is 0 Å². The maximum atomic E-state index is 13.1. The summed E-state index contributed by atoms with van der Waals surface area (Å²) < 4.78 is 22.4. The van der Waals surface area contributed by atoms with Crippen molar-refractivity contribution >= 4 is 11.0 Å². The summed E-state index contributed by atoms with van der Waals surface area (Å²) in [5, 5.41) is 0.545. The molecule has 0 spiro atoms. The SMILES string of the molecule is CCOc1c(-c2ccc(OC)c(OC)c2)oc2cc(C)cc(C)c2c1=O. The monoisotopic (exact) mass is 354 g/mol. The molecule has 0 saturated carbocycles. The van der Waals surface area contributed by atoms with Crippen molar-refractivity contribution in [3.8, 4) is 28.6 Å². The van der Waals surface area contributed by atoms with Gasteiger partial charge in [0.2, 0.25) is 11.2 Å². The predicted octanol–water partition coefficient (Wildman–Crippen LogP) is 4.49. The zero-order valence-corrected chi connectivity index (χ0v) is 15.6. The van der Waals surface area contributed by atoms with E-state index in [1.54, 1.807) is 26.4 Å². The van der Waals surface area contributed by atoms with Crippen LogP contribution in [0, 0.1) is 13.8 Å². The lowest BCUT2D eigenvalue weighted by atomic mass is 10.0. The molecule has 2 aromatic carbocycles. The van der Waals surface area contributed by atoms with E-state index in [0.29, 0.717) is 40.4 Å². The Morgan fingerprint density at radius 3 is 2.38 bits per heavy atom. The number of hydrogen-bond acceptors (Lipinski definition) is 5. The first-order valence-corrected chi connectivity index (χ1v) is 8.43. The molecule has 0 atom stereocenters. The van der Waals surface area contributed by atoms with Crippen LogP contribution in [0.5, 0.6) is 17.2 Å². The summed E-state index contributed by atoms with van der Waals surface area (Å²) in [6.45, 7) is 6.07. The summed E-state index contributed by atoms with van der Waals surface area (Å²) in [5.41, 5.74) is 2.95. The second kappa shape index (κ2) is 7.12. The van der Waals surface area contributed by atoms with Crippen molar-refractivity contribution < 1.29 is 18.6 Å². The fraction of sp³-hybridized carbons (Fsp3) is 0.286. The standard InChI is InChI=1S/C21H22O5/c1-6-25-21-19(22)18-13(3)9-12(2)10-17(18)26-20(21)14-7-8-15(23-4)16(11-14)24-5/h7-11H,6H2,1-5H3. The third-order valence-corrected chi connectivity index (χ3v) is 4.23. The third kappa shape index (κ3) is 3.01. The Kier molecular flexibility index (Phi) is 4.89. The first-order chi connectivity index (χ1) is 12.5. The molecule has 0 bridgehead atoms. The number of benzene rings is 2. The Balaban J connectivity index is 2.34. The average molecular weight is 354 g/mol. The Bertz CT molecular complexity index is 1020. The minimum atomic E-state index is -0.171. The summed E-state index contributed by atoms with van der Waals surface area (Å²) in [4.78, 5) is 13.1. The van der Waals surface area contributed by atoms with E-state index in [9.17, 15) is 4.79 Å². The van der Waals surface area contributed by atoms with E-state index in [1.807, 2.05) is 39.0 Å². The van der Waals surface area contributed by atoms with Gasteiger partial charge in [0.15, 0.2) is 17.3 Å². The smallest absolute Gasteiger partial charge is 0.235 e. The molecule has 136 valence electrons. The number of methoxy groups -OCH3 is 2. The van der Waals surface area contributed by atoms with Gasteiger partial charge in [-0.1, -0.05) is 6.07 Å². The zero-order chi connectivity index (χ0) is 18.8. The van der Waals surface area contributed by atoms with E-state index in [4.69, 9.17) is 18.6 Å². The van der Waals surface area contributed by atoms with Gasteiger partial charge in [0, 0.05) is 5.56 Å². The maximum absolute atomic E-state index is 13.1. The van der Waals surface area contributed by atoms with Crippen LogP contribution in [0.2, 0.25) is 0 Å². The van der Waals surface area contributed by atoms with E-state index >= 15 is 0 Å². The molecule has 0 radical (unpaired) electrons. The minimum Gasteiger partial charge on any atom is -0.493 e. The molecule has 0 saturated heterocycles. The van der Waals surface area contributed by atoms with Gasteiger partial charge < -0.3 is 18.6 Å². The quantitative estimate of drug-likeness (QED) is 0.675. The summed E-state index contributed by atoms with van der Waals surface area (Å²) in [6, 6.07) is 9.19. The molecule has 0 amide bonds. The van der Waals surface area contributed by atoms with Gasteiger partial charge in [-0.15, -0.1) is 0 Å². The van der Waals surface area contributed by atoms with Crippen molar-refractivity contribution in [3.63, 3.8) is 0 Å². The van der Waals surface area contributed by atoms with Crippen LogP contribution in [0.3, 0.4) is 0 Å². The number of aryl methyl sites for hydroxylation is 2. The molecular formula is C21H22O5. The van der Waals surface area contributed by atoms with Crippen LogP contribution in [0.4, 0.5) is 0 Å². The number of hydrogen-bond donors (Lipinski definition) is 0. The Hall–Kier alpha value is -2.95. The van der Waals surface area contributed by atoms with E-state index in [0.717, 1.165) is 11.1 Å². The summed E-state index contributed by atoms with van der Waals surface area (Å²) in [6.07, 6.45) is 0. The van der Waals surface area contributed by atoms with Crippen molar-refractivity contribution in [3.05, 3.63) is 51.7 Å². The third-order valence-electron chi connectivity index (χ3n) is 4.23. The van der Waals surface area contributed by atoms with E-state index in [1.165, 1.54) is 0 Å². The van der Waals surface area contributed by atoms with Gasteiger partial charge in [-0.3, -0.25) is 4.79 Å². The van der Waals surface area contributed by atoms with Crippen LogP contribution in [-0.4, -0.2) is 20.8 Å². The first-order valence-electron chi connectivity index (χ1n) is 8.43. The lowest BCUT2D eigenvalue weighted by Gasteiger charge is -2.14. The van der Waals surface area contributed by atoms with Gasteiger partial charge >= 0.3 is 0 Å². The highest BCUT2D eigenvalue weighted by atomic mass is 16.5. The van der Waals surface area contributed by atoms with E-state index in [-0.39, 0.29) is 11.2 Å². The molecule has 0 aliphatic heterocycles. The average Bonchev–Trinajstić information content (AvgIpc) is 2.62. The van der Waals surface area contributed by atoms with Crippen LogP contribution in [0.25, 0.3) is 22.3 Å². The molecule has 0 aliphatic carbocycles. The number of rotatable bonds is 5. The van der Waals surface area contributed by atoms with Crippen LogP contribution >= 0.6 is 0 Å². The molecule has 5 heteroatoms. The van der Waals surface area contributed by atoms with Gasteiger partial charge in [-0.25, -0.2) is 0 Å². The first kappa shape index (κ1) is 17.9. The molecule has 3 rings (SSSR count). The molecule has 0 aliphatic rings. The molecule has 26 heavy (non-hydrogen) atoms. The zero-order valence-electron chi connectivity index (χ0n) is 15.6. The Morgan fingerprint density at radius 1 is 1.00 bits per heavy atom. The molecule has 0 unspecified atom stereocenters. The molecule has 0 N–H and O–H groups in total. The highest BCUT2D eigenvalue weighted by molar-refractivity contribution is 5.85. The predicted molar refractivity (Wildman–Crippen MR) is 102 cm³/mol.